The van der Waals surface area contributed by atoms with Gasteiger partial charge < -0.3 is 9.84 Å². The standard InChI is InChI=1S/C10H7N3O2S/c1-6-4-8(13-15-6)9(14)12-10-7(5-11)2-3-16-10/h2-4H,1H3,(H,12,14). The Labute approximate surface area is 95.3 Å². The Kier molecular flexibility index (Phi) is 2.70. The van der Waals surface area contributed by atoms with Gasteiger partial charge in [0.1, 0.15) is 16.8 Å². The molecule has 0 saturated carbocycles. The van der Waals surface area contributed by atoms with E-state index < -0.39 is 0 Å². The molecule has 5 nitrogen and oxygen atoms in total. The van der Waals surface area contributed by atoms with Crippen LogP contribution in [0.4, 0.5) is 5.00 Å². The number of nitriles is 1. The Morgan fingerprint density at radius 1 is 1.69 bits per heavy atom. The van der Waals surface area contributed by atoms with E-state index >= 15 is 0 Å². The highest BCUT2D eigenvalue weighted by Gasteiger charge is 2.13. The fraction of sp³-hybridized carbons (Fsp3) is 0.100. The number of hydrogen-bond donors (Lipinski definition) is 1. The topological polar surface area (TPSA) is 78.9 Å². The second kappa shape index (κ2) is 4.16. The lowest BCUT2D eigenvalue weighted by molar-refractivity contribution is 0.101. The number of aryl methyl sites for hydroxylation is 1. The lowest BCUT2D eigenvalue weighted by atomic mass is 10.3. The van der Waals surface area contributed by atoms with Gasteiger partial charge >= 0.3 is 0 Å². The monoisotopic (exact) mass is 233 g/mol. The van der Waals surface area contributed by atoms with Crippen molar-refractivity contribution in [2.24, 2.45) is 0 Å². The minimum atomic E-state index is -0.379. The van der Waals surface area contributed by atoms with Crippen molar-refractivity contribution in [2.75, 3.05) is 5.32 Å². The van der Waals surface area contributed by atoms with E-state index in [1.807, 2.05) is 6.07 Å². The summed E-state index contributed by atoms with van der Waals surface area (Å²) >= 11 is 1.29. The first-order chi connectivity index (χ1) is 7.70. The minimum absolute atomic E-state index is 0.204. The number of carbonyl (C=O) groups excluding carboxylic acids is 1. The maximum Gasteiger partial charge on any atom is 0.278 e. The molecular weight excluding hydrogens is 226 g/mol. The van der Waals surface area contributed by atoms with Gasteiger partial charge in [0.15, 0.2) is 5.69 Å². The van der Waals surface area contributed by atoms with E-state index in [1.54, 1.807) is 18.4 Å². The van der Waals surface area contributed by atoms with E-state index in [4.69, 9.17) is 9.78 Å². The molecule has 0 bridgehead atoms. The quantitative estimate of drug-likeness (QED) is 0.862. The number of carbonyl (C=O) groups is 1. The molecule has 0 radical (unpaired) electrons. The van der Waals surface area contributed by atoms with Crippen LogP contribution in [-0.4, -0.2) is 11.1 Å². The summed E-state index contributed by atoms with van der Waals surface area (Å²) in [5.41, 5.74) is 0.647. The van der Waals surface area contributed by atoms with Crippen molar-refractivity contribution in [1.82, 2.24) is 5.16 Å². The highest BCUT2D eigenvalue weighted by molar-refractivity contribution is 7.14. The van der Waals surface area contributed by atoms with Gasteiger partial charge in [0.25, 0.3) is 5.91 Å². The largest absolute Gasteiger partial charge is 0.361 e. The van der Waals surface area contributed by atoms with Gasteiger partial charge in [-0.05, 0) is 18.4 Å². The summed E-state index contributed by atoms with van der Waals surface area (Å²) in [5, 5.41) is 17.2. The molecule has 0 aliphatic carbocycles. The maximum absolute atomic E-state index is 11.7. The van der Waals surface area contributed by atoms with Crippen LogP contribution < -0.4 is 5.32 Å². The summed E-state index contributed by atoms with van der Waals surface area (Å²) in [6.07, 6.45) is 0. The van der Waals surface area contributed by atoms with Gasteiger partial charge in [-0.3, -0.25) is 4.79 Å². The first-order valence-electron chi connectivity index (χ1n) is 4.43. The highest BCUT2D eigenvalue weighted by atomic mass is 32.1. The summed E-state index contributed by atoms with van der Waals surface area (Å²) in [6.45, 7) is 1.70. The van der Waals surface area contributed by atoms with Gasteiger partial charge in [-0.2, -0.15) is 5.26 Å². The zero-order chi connectivity index (χ0) is 11.5. The third-order valence-corrected chi connectivity index (χ3v) is 2.70. The molecule has 0 atom stereocenters. The minimum Gasteiger partial charge on any atom is -0.361 e. The van der Waals surface area contributed by atoms with E-state index in [1.165, 1.54) is 17.4 Å². The molecule has 1 amide bonds. The number of nitrogens with one attached hydrogen (secondary N) is 1. The summed E-state index contributed by atoms with van der Waals surface area (Å²) in [4.78, 5) is 11.7. The summed E-state index contributed by atoms with van der Waals surface area (Å²) in [6, 6.07) is 5.17. The molecule has 0 unspecified atom stereocenters. The molecule has 2 aromatic heterocycles. The van der Waals surface area contributed by atoms with Gasteiger partial charge in [-0.1, -0.05) is 5.16 Å². The van der Waals surface area contributed by atoms with Gasteiger partial charge in [0, 0.05) is 6.07 Å². The van der Waals surface area contributed by atoms with E-state index in [0.29, 0.717) is 16.3 Å². The SMILES string of the molecule is Cc1cc(C(=O)Nc2sccc2C#N)no1. The van der Waals surface area contributed by atoms with Crippen LogP contribution in [0.2, 0.25) is 0 Å². The van der Waals surface area contributed by atoms with Crippen molar-refractivity contribution in [3.63, 3.8) is 0 Å². The molecular formula is C10H7N3O2S. The van der Waals surface area contributed by atoms with Gasteiger partial charge in [-0.15, -0.1) is 11.3 Å². The van der Waals surface area contributed by atoms with E-state index in [9.17, 15) is 4.79 Å². The second-order valence-electron chi connectivity index (χ2n) is 3.05. The van der Waals surface area contributed by atoms with Gasteiger partial charge in [0.2, 0.25) is 0 Å². The Morgan fingerprint density at radius 3 is 3.12 bits per heavy atom. The van der Waals surface area contributed by atoms with Crippen LogP contribution in [0.3, 0.4) is 0 Å². The molecule has 16 heavy (non-hydrogen) atoms. The first kappa shape index (κ1) is 10.4. The Bertz CT molecular complexity index is 565. The fourth-order valence-electron chi connectivity index (χ4n) is 1.13. The third kappa shape index (κ3) is 1.94. The number of nitrogens with zero attached hydrogens (tertiary/aromatic N) is 2. The van der Waals surface area contributed by atoms with Crippen LogP contribution in [0.25, 0.3) is 0 Å². The van der Waals surface area contributed by atoms with Gasteiger partial charge in [-0.25, -0.2) is 0 Å². The molecule has 2 heterocycles. The van der Waals surface area contributed by atoms with Crippen LogP contribution in [0.15, 0.2) is 22.0 Å². The molecule has 0 aliphatic rings. The molecule has 0 spiro atoms. The van der Waals surface area contributed by atoms with E-state index in [2.05, 4.69) is 10.5 Å². The van der Waals surface area contributed by atoms with Crippen LogP contribution in [0, 0.1) is 18.3 Å². The number of amides is 1. The Balaban J connectivity index is 2.17. The number of anilines is 1. The second-order valence-corrected chi connectivity index (χ2v) is 3.97. The lowest BCUT2D eigenvalue weighted by Crippen LogP contribution is -2.11. The van der Waals surface area contributed by atoms with Crippen molar-refractivity contribution in [3.8, 4) is 6.07 Å². The number of thiophene rings is 1. The normalized spacial score (nSPS) is 9.75. The Morgan fingerprint density at radius 2 is 2.50 bits per heavy atom. The van der Waals surface area contributed by atoms with Crippen molar-refractivity contribution in [3.05, 3.63) is 34.5 Å². The van der Waals surface area contributed by atoms with E-state index in [0.717, 1.165) is 0 Å². The Hall–Kier alpha value is -2.13. The number of rotatable bonds is 2. The van der Waals surface area contributed by atoms with Crippen molar-refractivity contribution >= 4 is 22.2 Å². The maximum atomic E-state index is 11.7. The van der Waals surface area contributed by atoms with Crippen molar-refractivity contribution in [2.45, 2.75) is 6.92 Å². The predicted octanol–water partition coefficient (Wildman–Crippen LogP) is 2.17. The summed E-state index contributed by atoms with van der Waals surface area (Å²) in [7, 11) is 0. The van der Waals surface area contributed by atoms with Crippen LogP contribution in [0.5, 0.6) is 0 Å². The molecule has 0 fully saturated rings. The third-order valence-electron chi connectivity index (χ3n) is 1.87. The zero-order valence-electron chi connectivity index (χ0n) is 8.35. The number of aromatic nitrogens is 1. The fourth-order valence-corrected chi connectivity index (χ4v) is 1.87. The van der Waals surface area contributed by atoms with E-state index in [-0.39, 0.29) is 11.6 Å². The average molecular weight is 233 g/mol. The van der Waals surface area contributed by atoms with Gasteiger partial charge in [0.05, 0.1) is 5.56 Å². The van der Waals surface area contributed by atoms with Crippen molar-refractivity contribution in [1.29, 1.82) is 5.26 Å². The molecule has 2 aromatic rings. The average Bonchev–Trinajstić information content (AvgIpc) is 2.86. The predicted molar refractivity (Wildman–Crippen MR) is 58.2 cm³/mol. The van der Waals surface area contributed by atoms with Crippen LogP contribution in [-0.2, 0) is 0 Å². The molecule has 1 N–H and O–H groups in total. The molecule has 2 rings (SSSR count). The summed E-state index contributed by atoms with van der Waals surface area (Å²) < 4.78 is 4.79. The first-order valence-corrected chi connectivity index (χ1v) is 5.31. The summed E-state index contributed by atoms with van der Waals surface area (Å²) in [5.74, 6) is 0.188. The van der Waals surface area contributed by atoms with Crippen LogP contribution in [0.1, 0.15) is 21.8 Å². The molecule has 6 heteroatoms. The van der Waals surface area contributed by atoms with Crippen LogP contribution >= 0.6 is 11.3 Å². The zero-order valence-corrected chi connectivity index (χ0v) is 9.17. The van der Waals surface area contributed by atoms with Crippen molar-refractivity contribution < 1.29 is 9.32 Å². The molecule has 0 aliphatic heterocycles. The smallest absolute Gasteiger partial charge is 0.278 e. The molecule has 80 valence electrons. The number of hydrogen-bond acceptors (Lipinski definition) is 5. The lowest BCUT2D eigenvalue weighted by Gasteiger charge is -1.98. The highest BCUT2D eigenvalue weighted by Crippen LogP contribution is 2.22. The molecule has 0 aromatic carbocycles. The molecule has 0 saturated heterocycles.